The van der Waals surface area contributed by atoms with Crippen molar-refractivity contribution in [1.82, 2.24) is 0 Å². The molecule has 0 aliphatic carbocycles. The van der Waals surface area contributed by atoms with E-state index in [2.05, 4.69) is 57.1 Å². The molecule has 3 aromatic rings. The van der Waals surface area contributed by atoms with Crippen molar-refractivity contribution in [2.24, 2.45) is 0 Å². The van der Waals surface area contributed by atoms with Crippen molar-refractivity contribution in [2.45, 2.75) is 27.7 Å². The summed E-state index contributed by atoms with van der Waals surface area (Å²) in [4.78, 5) is 96.8. The van der Waals surface area contributed by atoms with Crippen LogP contribution in [0, 0.1) is 11.8 Å². The Morgan fingerprint density at radius 1 is 0.429 bits per heavy atom. The summed E-state index contributed by atoms with van der Waals surface area (Å²) in [5.74, 6) is 0.417. The fraction of sp³-hybridized carbons (Fsp3) is 0.100. The highest BCUT2D eigenvalue weighted by molar-refractivity contribution is 5.96. The van der Waals surface area contributed by atoms with Gasteiger partial charge in [-0.2, -0.15) is 0 Å². The summed E-state index contributed by atoms with van der Waals surface area (Å²) >= 11 is 0. The lowest BCUT2D eigenvalue weighted by molar-refractivity contribution is -0.135. The molecule has 3 aromatic carbocycles. The number of hydrogen-bond acceptors (Lipinski definition) is 16. The first kappa shape index (κ1) is 42.4. The van der Waals surface area contributed by atoms with Crippen molar-refractivity contribution in [3.8, 4) is 46.0 Å². The molecule has 286 valence electrons. The monoisotopic (exact) mass is 766 g/mol. The highest BCUT2D eigenvalue weighted by Crippen LogP contribution is 2.41. The van der Waals surface area contributed by atoms with Crippen LogP contribution in [-0.4, -0.2) is 48.5 Å². The van der Waals surface area contributed by atoms with Crippen molar-refractivity contribution in [3.05, 3.63) is 120 Å². The molecule has 0 bridgehead atoms. The van der Waals surface area contributed by atoms with Gasteiger partial charge in [0, 0.05) is 33.4 Å². The number of carbonyl (C=O) groups excluding carboxylic acids is 8. The van der Waals surface area contributed by atoms with E-state index in [0.29, 0.717) is 5.56 Å². The Kier molecular flexibility index (Phi) is 14.5. The Labute approximate surface area is 318 Å². The van der Waals surface area contributed by atoms with Crippen LogP contribution in [0.1, 0.15) is 38.8 Å². The van der Waals surface area contributed by atoms with Gasteiger partial charge in [-0.15, -0.1) is 0 Å². The first-order chi connectivity index (χ1) is 26.3. The number of benzene rings is 3. The van der Waals surface area contributed by atoms with E-state index < -0.39 is 60.0 Å². The summed E-state index contributed by atoms with van der Waals surface area (Å²) in [7, 11) is 0. The van der Waals surface area contributed by atoms with Crippen LogP contribution >= 0.6 is 0 Å². The minimum Gasteiger partial charge on any atom is -0.395 e. The van der Waals surface area contributed by atoms with Gasteiger partial charge in [-0.1, -0.05) is 50.3 Å². The molecule has 0 unspecified atom stereocenters. The Morgan fingerprint density at radius 3 is 1.07 bits per heavy atom. The molecule has 3 rings (SSSR count). The number of rotatable bonds is 9. The molecule has 0 N–H and O–H groups in total. The molecule has 0 saturated heterocycles. The van der Waals surface area contributed by atoms with Crippen molar-refractivity contribution < 1.29 is 76.3 Å². The quantitative estimate of drug-likeness (QED) is 0.0525. The third kappa shape index (κ3) is 12.9. The van der Waals surface area contributed by atoms with Gasteiger partial charge >= 0.3 is 48.5 Å². The van der Waals surface area contributed by atoms with Crippen LogP contribution < -0.4 is 18.9 Å². The Hall–Kier alpha value is -8.06. The van der Waals surface area contributed by atoms with E-state index in [4.69, 9.17) is 18.9 Å². The number of hydrogen-bond donors (Lipinski definition) is 0. The Bertz CT molecular complexity index is 2180. The number of carbonyl (C=O) groups is 8. The lowest BCUT2D eigenvalue weighted by Gasteiger charge is -2.16. The molecule has 16 nitrogen and oxygen atoms in total. The van der Waals surface area contributed by atoms with Crippen LogP contribution in [0.3, 0.4) is 0 Å². The SMILES string of the molecule is C=C(C)C(=O)OC(=O)Oc1ccc(C#Cc2cc(OC(=O)OC(=O)C(=C)C)c(-c3ccc(OC(=O)OC(=O)C(=C)C)cc3)c(OC(=O)OC(=O)C(=C)C)c2)cc1. The van der Waals surface area contributed by atoms with Crippen LogP contribution in [0.2, 0.25) is 0 Å². The van der Waals surface area contributed by atoms with E-state index in [1.165, 1.54) is 88.4 Å². The van der Waals surface area contributed by atoms with Gasteiger partial charge in [0.05, 0.1) is 5.56 Å². The fourth-order valence-corrected chi connectivity index (χ4v) is 3.65. The number of ether oxygens (including phenoxy) is 8. The van der Waals surface area contributed by atoms with Gasteiger partial charge < -0.3 is 37.9 Å². The van der Waals surface area contributed by atoms with Crippen LogP contribution in [0.15, 0.2) is 109 Å². The average Bonchev–Trinajstić information content (AvgIpc) is 3.11. The smallest absolute Gasteiger partial charge is 0.395 e. The minimum absolute atomic E-state index is 0.00471. The van der Waals surface area contributed by atoms with Gasteiger partial charge in [0.25, 0.3) is 0 Å². The topological polar surface area (TPSA) is 210 Å². The highest BCUT2D eigenvalue weighted by atomic mass is 16.8. The normalized spacial score (nSPS) is 9.79. The minimum atomic E-state index is -1.53. The van der Waals surface area contributed by atoms with E-state index in [1.807, 2.05) is 0 Å². The van der Waals surface area contributed by atoms with Crippen molar-refractivity contribution in [3.63, 3.8) is 0 Å². The zero-order valence-electron chi connectivity index (χ0n) is 30.1. The first-order valence-corrected chi connectivity index (χ1v) is 15.6. The predicted molar refractivity (Wildman–Crippen MR) is 192 cm³/mol. The van der Waals surface area contributed by atoms with Gasteiger partial charge in [0.2, 0.25) is 0 Å². The van der Waals surface area contributed by atoms with Gasteiger partial charge in [-0.25, -0.2) is 38.4 Å². The third-order valence-corrected chi connectivity index (χ3v) is 6.30. The second-order valence-corrected chi connectivity index (χ2v) is 11.2. The summed E-state index contributed by atoms with van der Waals surface area (Å²) in [5.41, 5.74) is -0.0347. The van der Waals surface area contributed by atoms with E-state index in [9.17, 15) is 38.4 Å². The molecule has 0 saturated carbocycles. The average molecular weight is 767 g/mol. The van der Waals surface area contributed by atoms with Crippen LogP contribution in [0.25, 0.3) is 11.1 Å². The predicted octanol–water partition coefficient (Wildman–Crippen LogP) is 7.23. The molecule has 0 aliphatic rings. The largest absolute Gasteiger partial charge is 0.522 e. The van der Waals surface area contributed by atoms with E-state index in [0.717, 1.165) is 0 Å². The number of esters is 4. The second-order valence-electron chi connectivity index (χ2n) is 11.2. The maximum atomic E-state index is 12.8. The molecule has 0 fully saturated rings. The lowest BCUT2D eigenvalue weighted by Crippen LogP contribution is -2.18. The molecule has 0 amide bonds. The summed E-state index contributed by atoms with van der Waals surface area (Å²) in [5, 5.41) is 0. The third-order valence-electron chi connectivity index (χ3n) is 6.30. The van der Waals surface area contributed by atoms with Gasteiger partial charge in [0.15, 0.2) is 0 Å². The van der Waals surface area contributed by atoms with Gasteiger partial charge in [0.1, 0.15) is 23.0 Å². The van der Waals surface area contributed by atoms with E-state index in [-0.39, 0.29) is 50.5 Å². The maximum absolute atomic E-state index is 12.8. The maximum Gasteiger partial charge on any atom is 0.522 e. The summed E-state index contributed by atoms with van der Waals surface area (Å²) in [6.07, 6.45) is -5.71. The molecule has 0 spiro atoms. The standard InChI is InChI=1S/C40H30O16/c1-21(2)33(41)53-37(45)49-28-15-11-25(12-16-28)9-10-26-19-30(51-39(47)55-35(43)23(5)6)32(31(20-26)52-40(48)56-36(44)24(7)8)27-13-17-29(18-14-27)50-38(46)54-34(42)22(3)4/h11-20H,1,3,5,7H2,2,4,6,8H3. The molecule has 0 aromatic heterocycles. The van der Waals surface area contributed by atoms with Gasteiger partial charge in [-0.05, 0) is 81.8 Å². The highest BCUT2D eigenvalue weighted by Gasteiger charge is 2.24. The summed E-state index contributed by atoms with van der Waals surface area (Å²) in [6.45, 7) is 18.8. The van der Waals surface area contributed by atoms with E-state index >= 15 is 0 Å². The van der Waals surface area contributed by atoms with Crippen LogP contribution in [0.4, 0.5) is 19.2 Å². The molecule has 0 heterocycles. The molecule has 0 radical (unpaired) electrons. The molecule has 16 heteroatoms. The molecular formula is C40H30O16. The summed E-state index contributed by atoms with van der Waals surface area (Å²) in [6, 6.07) is 13.1. The van der Waals surface area contributed by atoms with Crippen LogP contribution in [0.5, 0.6) is 23.0 Å². The summed E-state index contributed by atoms with van der Waals surface area (Å²) < 4.78 is 39.0. The van der Waals surface area contributed by atoms with Crippen molar-refractivity contribution in [2.75, 3.05) is 0 Å². The van der Waals surface area contributed by atoms with Crippen LogP contribution in [-0.2, 0) is 38.1 Å². The Morgan fingerprint density at radius 2 is 0.732 bits per heavy atom. The first-order valence-electron chi connectivity index (χ1n) is 15.6. The lowest BCUT2D eigenvalue weighted by atomic mass is 10.0. The van der Waals surface area contributed by atoms with Gasteiger partial charge in [-0.3, -0.25) is 0 Å². The Balaban J connectivity index is 2.10. The zero-order chi connectivity index (χ0) is 41.7. The molecule has 0 aliphatic heterocycles. The van der Waals surface area contributed by atoms with E-state index in [1.54, 1.807) is 0 Å². The molecule has 0 atom stereocenters. The molecular weight excluding hydrogens is 736 g/mol. The van der Waals surface area contributed by atoms with Crippen molar-refractivity contribution in [1.29, 1.82) is 0 Å². The molecule has 56 heavy (non-hydrogen) atoms. The van der Waals surface area contributed by atoms with Crippen molar-refractivity contribution >= 4 is 48.5 Å². The zero-order valence-corrected chi connectivity index (χ0v) is 30.1. The second kappa shape index (κ2) is 19.1. The fourth-order valence-electron chi connectivity index (χ4n) is 3.65.